The summed E-state index contributed by atoms with van der Waals surface area (Å²) >= 11 is 0. The van der Waals surface area contributed by atoms with Crippen molar-refractivity contribution in [3.8, 4) is 5.75 Å². The van der Waals surface area contributed by atoms with Crippen LogP contribution in [0.25, 0.3) is 0 Å². The average molecular weight is 275 g/mol. The highest BCUT2D eigenvalue weighted by molar-refractivity contribution is 5.66. The van der Waals surface area contributed by atoms with Gasteiger partial charge in [0.2, 0.25) is 0 Å². The Kier molecular flexibility index (Phi) is 4.60. The van der Waals surface area contributed by atoms with E-state index in [-0.39, 0.29) is 0 Å². The quantitative estimate of drug-likeness (QED) is 0.786. The van der Waals surface area contributed by atoms with E-state index in [2.05, 4.69) is 9.84 Å². The van der Waals surface area contributed by atoms with Crippen molar-refractivity contribution in [3.63, 3.8) is 0 Å². The third kappa shape index (κ3) is 3.50. The van der Waals surface area contributed by atoms with E-state index in [1.807, 2.05) is 48.1 Å². The maximum absolute atomic E-state index is 11.4. The molecule has 20 heavy (non-hydrogen) atoms. The summed E-state index contributed by atoms with van der Waals surface area (Å²) in [5.41, 5.74) is 1.10. The maximum atomic E-state index is 11.4. The Labute approximate surface area is 117 Å². The van der Waals surface area contributed by atoms with Crippen molar-refractivity contribution in [3.05, 3.63) is 48.3 Å². The molecule has 1 aromatic heterocycles. The van der Waals surface area contributed by atoms with Gasteiger partial charge in [0.05, 0.1) is 20.2 Å². The van der Waals surface area contributed by atoms with Gasteiger partial charge in [-0.15, -0.1) is 5.06 Å². The lowest BCUT2D eigenvalue weighted by Crippen LogP contribution is -2.33. The summed E-state index contributed by atoms with van der Waals surface area (Å²) in [5.74, 6) is 0.585. The van der Waals surface area contributed by atoms with Crippen LogP contribution in [0.4, 0.5) is 4.79 Å². The zero-order valence-corrected chi connectivity index (χ0v) is 11.5. The molecule has 0 N–H and O–H groups in total. The first-order chi connectivity index (χ1) is 9.72. The summed E-state index contributed by atoms with van der Waals surface area (Å²) < 4.78 is 6.46. The first-order valence-corrected chi connectivity index (χ1v) is 6.32. The van der Waals surface area contributed by atoms with Gasteiger partial charge in [0.25, 0.3) is 0 Å². The molecular formula is C14H17N3O3. The Morgan fingerprint density at radius 2 is 2.10 bits per heavy atom. The number of benzene rings is 1. The van der Waals surface area contributed by atoms with E-state index in [1.54, 1.807) is 6.20 Å². The molecule has 0 radical (unpaired) electrons. The van der Waals surface area contributed by atoms with Gasteiger partial charge in [-0.3, -0.25) is 4.68 Å². The average Bonchev–Trinajstić information content (AvgIpc) is 2.98. The topological polar surface area (TPSA) is 56.6 Å². The summed E-state index contributed by atoms with van der Waals surface area (Å²) in [5, 5.41) is 5.30. The van der Waals surface area contributed by atoms with E-state index in [0.717, 1.165) is 10.6 Å². The van der Waals surface area contributed by atoms with Crippen LogP contribution in [0, 0.1) is 0 Å². The lowest BCUT2D eigenvalue weighted by Gasteiger charge is -2.19. The lowest BCUT2D eigenvalue weighted by molar-refractivity contribution is -0.0381. The molecule has 1 amide bonds. The third-order valence-corrected chi connectivity index (χ3v) is 2.71. The van der Waals surface area contributed by atoms with Crippen LogP contribution in [-0.4, -0.2) is 34.6 Å². The lowest BCUT2D eigenvalue weighted by atomic mass is 10.2. The summed E-state index contributed by atoms with van der Waals surface area (Å²) in [6.07, 6.45) is 3.13. The molecule has 0 aliphatic carbocycles. The van der Waals surface area contributed by atoms with Crippen molar-refractivity contribution in [2.24, 2.45) is 0 Å². The van der Waals surface area contributed by atoms with Crippen molar-refractivity contribution in [1.82, 2.24) is 14.8 Å². The number of ether oxygens (including phenoxy) is 1. The van der Waals surface area contributed by atoms with Crippen LogP contribution in [0.5, 0.6) is 5.75 Å². The summed E-state index contributed by atoms with van der Waals surface area (Å²) in [4.78, 5) is 16.8. The van der Waals surface area contributed by atoms with Crippen LogP contribution in [0.3, 0.4) is 0 Å². The molecule has 0 atom stereocenters. The van der Waals surface area contributed by atoms with Crippen LogP contribution >= 0.6 is 0 Å². The second-order valence-corrected chi connectivity index (χ2v) is 4.10. The fourth-order valence-corrected chi connectivity index (χ4v) is 1.70. The van der Waals surface area contributed by atoms with Gasteiger partial charge in [-0.2, -0.15) is 5.10 Å². The van der Waals surface area contributed by atoms with Gasteiger partial charge in [0.15, 0.2) is 5.75 Å². The molecule has 0 unspecified atom stereocenters. The fourth-order valence-electron chi connectivity index (χ4n) is 1.70. The number of aromatic nitrogens is 2. The highest BCUT2D eigenvalue weighted by atomic mass is 16.7. The number of hydrogen-bond acceptors (Lipinski definition) is 4. The smallest absolute Gasteiger partial charge is 0.442 e. The van der Waals surface area contributed by atoms with Gasteiger partial charge in [-0.25, -0.2) is 4.79 Å². The van der Waals surface area contributed by atoms with Gasteiger partial charge in [-0.05, 0) is 30.7 Å². The third-order valence-electron chi connectivity index (χ3n) is 2.71. The largest absolute Gasteiger partial charge is 0.451 e. The predicted octanol–water partition coefficient (Wildman–Crippen LogP) is 2.31. The minimum atomic E-state index is -0.520. The molecule has 1 aromatic carbocycles. The number of amides is 1. The van der Waals surface area contributed by atoms with E-state index in [1.165, 1.54) is 7.11 Å². The molecule has 6 nitrogen and oxygen atoms in total. The minimum Gasteiger partial charge on any atom is -0.451 e. The second-order valence-electron chi connectivity index (χ2n) is 4.10. The Morgan fingerprint density at radius 3 is 2.65 bits per heavy atom. The standard InChI is InChI=1S/C14H17N3O3/c1-3-17(14(18)19-2)20-13-7-5-12(6-8-13)11-16-10-4-9-15-16/h4-10H,3,11H2,1-2H3. The molecule has 0 aliphatic rings. The Morgan fingerprint density at radius 1 is 1.35 bits per heavy atom. The molecule has 0 spiro atoms. The van der Waals surface area contributed by atoms with Crippen LogP contribution in [0.15, 0.2) is 42.7 Å². The number of carbonyl (C=O) groups is 1. The summed E-state index contributed by atoms with van der Waals surface area (Å²) in [6, 6.07) is 9.37. The summed E-state index contributed by atoms with van der Waals surface area (Å²) in [6.45, 7) is 2.91. The summed E-state index contributed by atoms with van der Waals surface area (Å²) in [7, 11) is 1.32. The van der Waals surface area contributed by atoms with E-state index in [4.69, 9.17) is 4.84 Å². The number of nitrogens with zero attached hydrogens (tertiary/aromatic N) is 3. The highest BCUT2D eigenvalue weighted by Gasteiger charge is 2.13. The zero-order chi connectivity index (χ0) is 14.4. The van der Waals surface area contributed by atoms with Crippen molar-refractivity contribution < 1.29 is 14.4 Å². The first-order valence-electron chi connectivity index (χ1n) is 6.32. The van der Waals surface area contributed by atoms with E-state index < -0.39 is 6.09 Å². The van der Waals surface area contributed by atoms with Crippen LogP contribution in [-0.2, 0) is 11.3 Å². The normalized spacial score (nSPS) is 10.1. The number of methoxy groups -OCH3 is 1. The van der Waals surface area contributed by atoms with Gasteiger partial charge < -0.3 is 9.57 Å². The molecule has 0 aliphatic heterocycles. The van der Waals surface area contributed by atoms with Gasteiger partial charge in [0, 0.05) is 12.4 Å². The second kappa shape index (κ2) is 6.60. The molecule has 2 aromatic rings. The molecule has 1 heterocycles. The molecule has 0 bridgehead atoms. The van der Waals surface area contributed by atoms with E-state index in [9.17, 15) is 4.79 Å². The minimum absolute atomic E-state index is 0.404. The molecule has 0 fully saturated rings. The predicted molar refractivity (Wildman–Crippen MR) is 73.2 cm³/mol. The van der Waals surface area contributed by atoms with Crippen LogP contribution in [0.2, 0.25) is 0 Å². The van der Waals surface area contributed by atoms with Gasteiger partial charge in [0.1, 0.15) is 0 Å². The van der Waals surface area contributed by atoms with E-state index >= 15 is 0 Å². The molecule has 106 valence electrons. The number of rotatable bonds is 5. The first kappa shape index (κ1) is 13.9. The van der Waals surface area contributed by atoms with Crippen LogP contribution < -0.4 is 4.84 Å². The molecule has 0 saturated heterocycles. The molecule has 2 rings (SSSR count). The van der Waals surface area contributed by atoms with Crippen LogP contribution in [0.1, 0.15) is 12.5 Å². The SMILES string of the molecule is CCN(Oc1ccc(Cn2cccn2)cc1)C(=O)OC. The Balaban J connectivity index is 1.99. The maximum Gasteiger partial charge on any atom is 0.442 e. The monoisotopic (exact) mass is 275 g/mol. The fraction of sp³-hybridized carbons (Fsp3) is 0.286. The number of hydrogen-bond donors (Lipinski definition) is 0. The van der Waals surface area contributed by atoms with Crippen molar-refractivity contribution >= 4 is 6.09 Å². The number of hydroxylamine groups is 2. The van der Waals surface area contributed by atoms with Gasteiger partial charge in [-0.1, -0.05) is 12.1 Å². The zero-order valence-electron chi connectivity index (χ0n) is 11.5. The van der Waals surface area contributed by atoms with Gasteiger partial charge >= 0.3 is 6.09 Å². The van der Waals surface area contributed by atoms with E-state index in [0.29, 0.717) is 18.8 Å². The Bertz CT molecular complexity index is 537. The van der Waals surface area contributed by atoms with Crippen molar-refractivity contribution in [2.45, 2.75) is 13.5 Å². The molecular weight excluding hydrogens is 258 g/mol. The van der Waals surface area contributed by atoms with Crippen molar-refractivity contribution in [2.75, 3.05) is 13.7 Å². The molecule has 6 heteroatoms. The van der Waals surface area contributed by atoms with Crippen molar-refractivity contribution in [1.29, 1.82) is 0 Å². The number of carbonyl (C=O) groups excluding carboxylic acids is 1. The molecule has 0 saturated carbocycles. The highest BCUT2D eigenvalue weighted by Crippen LogP contribution is 2.14. The Hall–Kier alpha value is -2.50.